The van der Waals surface area contributed by atoms with Crippen LogP contribution >= 0.6 is 14.2 Å². The summed E-state index contributed by atoms with van der Waals surface area (Å²) in [7, 11) is -4.78. The second kappa shape index (κ2) is 10.9. The molecule has 2 bridgehead atoms. The number of aliphatic hydroxyl groups excluding tert-OH is 2. The largest absolute Gasteiger partial charge is 1.00 e. The fraction of sp³-hybridized carbons (Fsp3) is 0.435. The lowest BCUT2D eigenvalue weighted by atomic mass is 10.1. The first-order chi connectivity index (χ1) is 20.5. The first-order valence-electron chi connectivity index (χ1n) is 12.8. The van der Waals surface area contributed by atoms with Gasteiger partial charge in [-0.2, -0.15) is 0 Å². The van der Waals surface area contributed by atoms with Gasteiger partial charge >= 0.3 is 8.15 Å². The molecule has 16 nitrogen and oxygen atoms in total. The molecule has 3 aromatic heterocycles. The predicted octanol–water partition coefficient (Wildman–Crippen LogP) is 0.200. The molecule has 7 rings (SSSR count). The quantitative estimate of drug-likeness (QED) is 0.168. The standard InChI is InChI=1S/C23H28BN6O10P2S/c24-41(33)35-7-14-17(31)20(23(37-14)30-10-28-16-11(25)5-6-26-21(16)30)40-42(34,43)36-8-15-19(39-41)18(32)22(38-15)29-9-27-12-3-1-2-4-13(12)29/h1-6,9-10,14-15,17-20,22-23,31-32H,7-8H2,24H3,(H2,25,26)(H,34,43)/q-1/p+1/t14-,15-,17?,18+,19?,20+,22-,23-,41?,42?/m1/s1. The molecule has 3 fully saturated rings. The van der Waals surface area contributed by atoms with E-state index in [2.05, 4.69) is 15.0 Å². The summed E-state index contributed by atoms with van der Waals surface area (Å²) in [5, 5.41) is 22.5. The molecule has 4 aromatic rings. The second-order valence-corrected chi connectivity index (χ2v) is 13.6. The monoisotopic (exact) mass is 654 g/mol. The maximum Gasteiger partial charge on any atom is 1.00 e. The molecule has 4 unspecified atom stereocenters. The Balaban J connectivity index is 0.00000343. The molecule has 3 aliphatic heterocycles. The Hall–Kier alpha value is -2.31. The van der Waals surface area contributed by atoms with Gasteiger partial charge in [-0.05, 0) is 30.0 Å². The van der Waals surface area contributed by atoms with E-state index >= 15 is 0 Å². The van der Waals surface area contributed by atoms with Crippen molar-refractivity contribution in [2.45, 2.75) is 49.1 Å². The first-order valence-corrected chi connectivity index (χ1v) is 16.5. The van der Waals surface area contributed by atoms with E-state index < -0.39 is 70.8 Å². The van der Waals surface area contributed by atoms with Crippen molar-refractivity contribution < 1.29 is 48.7 Å². The highest BCUT2D eigenvalue weighted by Crippen LogP contribution is 2.53. The van der Waals surface area contributed by atoms with Crippen LogP contribution in [-0.4, -0.2) is 96.6 Å². The fourth-order valence-corrected chi connectivity index (χ4v) is 7.55. The van der Waals surface area contributed by atoms with Crippen LogP contribution < -0.4 is 5.73 Å². The molecule has 3 saturated heterocycles. The van der Waals surface area contributed by atoms with Crippen molar-refractivity contribution >= 4 is 61.5 Å². The molecule has 0 saturated carbocycles. The van der Waals surface area contributed by atoms with Gasteiger partial charge in [-0.25, -0.2) is 15.0 Å². The van der Waals surface area contributed by atoms with Gasteiger partial charge in [0.05, 0.1) is 50.2 Å². The van der Waals surface area contributed by atoms with Crippen LogP contribution in [0.15, 0.2) is 49.2 Å². The Morgan fingerprint density at radius 3 is 2.53 bits per heavy atom. The molecule has 5 N–H and O–H groups in total. The predicted molar refractivity (Wildman–Crippen MR) is 158 cm³/mol. The molecule has 3 aliphatic rings. The normalized spacial score (nSPS) is 38.9. The van der Waals surface area contributed by atoms with E-state index in [0.717, 1.165) is 0 Å². The SMILES string of the molecule is [BH3-]P1(=O)OC[C@H]2O[C@@H](n3cnc4c(N)ccnc43)[C@@H](OP(O)(=S)OC[C@H]3O[C@@H](n4cnc5ccccc54)[C@@H](O)C3O1)C2O.[H+]. The molecule has 0 spiro atoms. The van der Waals surface area contributed by atoms with E-state index in [1.54, 1.807) is 10.6 Å². The molecule has 43 heavy (non-hydrogen) atoms. The van der Waals surface area contributed by atoms with Gasteiger partial charge in [-0.3, -0.25) is 9.09 Å². The van der Waals surface area contributed by atoms with E-state index in [9.17, 15) is 19.7 Å². The average molecular weight is 654 g/mol. The Bertz CT molecular complexity index is 1790. The summed E-state index contributed by atoms with van der Waals surface area (Å²) in [5.41, 5.74) is 8.55. The number of para-hydroxylation sites is 2. The van der Waals surface area contributed by atoms with Gasteiger partial charge in [0.2, 0.25) is 0 Å². The van der Waals surface area contributed by atoms with Crippen LogP contribution in [0.4, 0.5) is 5.69 Å². The highest BCUT2D eigenvalue weighted by Gasteiger charge is 2.51. The third kappa shape index (κ3) is 5.35. The summed E-state index contributed by atoms with van der Waals surface area (Å²) in [5.74, 6) is 0. The summed E-state index contributed by atoms with van der Waals surface area (Å²) in [6.07, 6.45) is -4.81. The van der Waals surface area contributed by atoms with Gasteiger partial charge in [0, 0.05) is 6.20 Å². The van der Waals surface area contributed by atoms with Crippen molar-refractivity contribution in [3.8, 4) is 0 Å². The van der Waals surface area contributed by atoms with Gasteiger partial charge in [0.25, 0.3) is 0 Å². The number of hydrogen-bond donors (Lipinski definition) is 4. The van der Waals surface area contributed by atoms with Crippen molar-refractivity contribution in [2.75, 3.05) is 18.9 Å². The summed E-state index contributed by atoms with van der Waals surface area (Å²) < 4.78 is 52.3. The Kier molecular flexibility index (Phi) is 7.48. The first kappa shape index (κ1) is 29.4. The molecule has 0 aliphatic carbocycles. The number of hydrogen-bond acceptors (Lipinski definition) is 14. The minimum atomic E-state index is -4.08. The van der Waals surface area contributed by atoms with Crippen LogP contribution in [0.5, 0.6) is 0 Å². The molecule has 0 radical (unpaired) electrons. The Morgan fingerprint density at radius 1 is 0.953 bits per heavy atom. The van der Waals surface area contributed by atoms with Gasteiger partial charge in [0.15, 0.2) is 18.1 Å². The molecule has 6 heterocycles. The highest BCUT2D eigenvalue weighted by molar-refractivity contribution is 8.07. The number of rotatable bonds is 2. The van der Waals surface area contributed by atoms with Crippen molar-refractivity contribution in [1.29, 1.82) is 0 Å². The van der Waals surface area contributed by atoms with Crippen molar-refractivity contribution in [1.82, 2.24) is 24.1 Å². The summed E-state index contributed by atoms with van der Waals surface area (Å²) in [4.78, 5) is 24.1. The van der Waals surface area contributed by atoms with Crippen molar-refractivity contribution in [3.63, 3.8) is 0 Å². The summed E-state index contributed by atoms with van der Waals surface area (Å²) in [6, 6.07) is 8.90. The number of pyridine rings is 1. The number of nitrogens with two attached hydrogens (primary N) is 1. The zero-order chi connectivity index (χ0) is 30.1. The smallest absolute Gasteiger partial charge is 0.397 e. The zero-order valence-corrected chi connectivity index (χ0v) is 24.1. The third-order valence-corrected chi connectivity index (χ3v) is 9.69. The number of nitrogens with zero attached hydrogens (tertiary/aromatic N) is 5. The molecule has 20 heteroatoms. The molecule has 1 aromatic carbocycles. The molecule has 0 amide bonds. The average Bonchev–Trinajstić information content (AvgIpc) is 3.72. The number of aliphatic hydroxyl groups is 2. The lowest BCUT2D eigenvalue weighted by molar-refractivity contribution is -0.0594. The van der Waals surface area contributed by atoms with E-state index in [1.165, 1.54) is 23.4 Å². The highest BCUT2D eigenvalue weighted by atomic mass is 32.5. The number of anilines is 1. The molecule has 10 atom stereocenters. The van der Waals surface area contributed by atoms with Crippen LogP contribution in [0.1, 0.15) is 13.9 Å². The maximum absolute atomic E-state index is 13.7. The van der Waals surface area contributed by atoms with Gasteiger partial charge in [0.1, 0.15) is 49.6 Å². The van der Waals surface area contributed by atoms with Crippen LogP contribution in [0.3, 0.4) is 0 Å². The number of imidazole rings is 2. The van der Waals surface area contributed by atoms with Crippen LogP contribution in [0, 0.1) is 0 Å². The minimum Gasteiger partial charge on any atom is -0.397 e. The van der Waals surface area contributed by atoms with Gasteiger partial charge < -0.3 is 53.0 Å². The molecule has 230 valence electrons. The Labute approximate surface area is 251 Å². The van der Waals surface area contributed by atoms with E-state index in [1.807, 2.05) is 24.3 Å². The summed E-state index contributed by atoms with van der Waals surface area (Å²) >= 11 is 5.33. The van der Waals surface area contributed by atoms with Crippen LogP contribution in [0.2, 0.25) is 0 Å². The fourth-order valence-electron chi connectivity index (χ4n) is 5.34. The number of ether oxygens (including phenoxy) is 2. The maximum atomic E-state index is 13.7. The lowest BCUT2D eigenvalue weighted by Crippen LogP contribution is -2.36. The third-order valence-electron chi connectivity index (χ3n) is 7.35. The zero-order valence-electron chi connectivity index (χ0n) is 22.5. The summed E-state index contributed by atoms with van der Waals surface area (Å²) in [6.45, 7) is -4.80. The second-order valence-electron chi connectivity index (χ2n) is 9.90. The number of fused-ring (bicyclic) bond motifs is 5. The number of aromatic nitrogens is 5. The topological polar surface area (TPSA) is 208 Å². The van der Waals surface area contributed by atoms with Crippen molar-refractivity contribution in [3.05, 3.63) is 49.2 Å². The van der Waals surface area contributed by atoms with E-state index in [4.69, 9.17) is 45.1 Å². The van der Waals surface area contributed by atoms with Crippen LogP contribution in [0.25, 0.3) is 22.2 Å². The number of benzene rings is 1. The Morgan fingerprint density at radius 2 is 1.70 bits per heavy atom. The molecular formula is C23H29BN6O10P2S. The lowest BCUT2D eigenvalue weighted by Gasteiger charge is -2.29. The van der Waals surface area contributed by atoms with Gasteiger partial charge in [-0.15, -0.1) is 0 Å². The van der Waals surface area contributed by atoms with Gasteiger partial charge in [-0.1, -0.05) is 12.1 Å². The minimum absolute atomic E-state index is 0. The molecular weight excluding hydrogens is 625 g/mol. The van der Waals surface area contributed by atoms with E-state index in [0.29, 0.717) is 27.9 Å². The van der Waals surface area contributed by atoms with Crippen LogP contribution in [-0.2, 0) is 43.9 Å². The van der Waals surface area contributed by atoms with Crippen molar-refractivity contribution in [2.24, 2.45) is 0 Å². The number of nitrogen functional groups attached to an aromatic ring is 1. The van der Waals surface area contributed by atoms with E-state index in [-0.39, 0.29) is 14.6 Å².